The number of carbonyl (C=O) groups is 2. The average Bonchev–Trinajstić information content (AvgIpc) is 3.45. The van der Waals surface area contributed by atoms with Gasteiger partial charge in [0.05, 0.1) is 5.71 Å². The van der Waals surface area contributed by atoms with E-state index < -0.39 is 5.91 Å². The van der Waals surface area contributed by atoms with Crippen molar-refractivity contribution in [2.24, 2.45) is 5.10 Å². The van der Waals surface area contributed by atoms with Crippen molar-refractivity contribution in [2.75, 3.05) is 6.79 Å². The standard InChI is InChI=1S/C24H22N4O5/c1-14-21-16(27-28-23(29)17-5-2-3-10-25-17)6-4-7-19(21)33-22(14)24(30)26-12-15-8-9-18-20(11-15)32-13-31-18/h2-3,5,8-11H,4,6-7,12-13H2,1H3,(H,26,30)(H,28,29)/b27-16+. The van der Waals surface area contributed by atoms with Crippen molar-refractivity contribution in [3.8, 4) is 11.5 Å². The molecule has 33 heavy (non-hydrogen) atoms. The Bertz CT molecular complexity index is 1250. The molecular formula is C24H22N4O5. The Morgan fingerprint density at radius 1 is 1.09 bits per heavy atom. The number of nitrogens with zero attached hydrogens (tertiary/aromatic N) is 2. The Morgan fingerprint density at radius 3 is 2.82 bits per heavy atom. The predicted octanol–water partition coefficient (Wildman–Crippen LogP) is 3.11. The minimum Gasteiger partial charge on any atom is -0.455 e. The number of aromatic nitrogens is 1. The van der Waals surface area contributed by atoms with Gasteiger partial charge in [-0.1, -0.05) is 12.1 Å². The minimum atomic E-state index is -0.391. The fourth-order valence-corrected chi connectivity index (χ4v) is 3.98. The molecule has 0 bridgehead atoms. The van der Waals surface area contributed by atoms with E-state index in [1.54, 1.807) is 24.4 Å². The monoisotopic (exact) mass is 446 g/mol. The molecule has 0 unspecified atom stereocenters. The summed E-state index contributed by atoms with van der Waals surface area (Å²) >= 11 is 0. The number of hydrogen-bond acceptors (Lipinski definition) is 7. The number of benzene rings is 1. The molecule has 0 fully saturated rings. The van der Waals surface area contributed by atoms with E-state index in [2.05, 4.69) is 20.8 Å². The summed E-state index contributed by atoms with van der Waals surface area (Å²) in [7, 11) is 0. The van der Waals surface area contributed by atoms with E-state index in [9.17, 15) is 9.59 Å². The first-order valence-electron chi connectivity index (χ1n) is 10.7. The first-order valence-corrected chi connectivity index (χ1v) is 10.7. The maximum Gasteiger partial charge on any atom is 0.289 e. The van der Waals surface area contributed by atoms with E-state index in [0.29, 0.717) is 47.9 Å². The summed E-state index contributed by atoms with van der Waals surface area (Å²) in [6.07, 6.45) is 3.75. The molecule has 1 aliphatic heterocycles. The van der Waals surface area contributed by atoms with E-state index in [1.165, 1.54) is 0 Å². The molecule has 2 amide bonds. The third-order valence-corrected chi connectivity index (χ3v) is 5.61. The number of hydrogen-bond donors (Lipinski definition) is 2. The van der Waals surface area contributed by atoms with Gasteiger partial charge in [0.2, 0.25) is 6.79 Å². The van der Waals surface area contributed by atoms with Gasteiger partial charge in [0.1, 0.15) is 11.5 Å². The van der Waals surface area contributed by atoms with Gasteiger partial charge in [0.25, 0.3) is 11.8 Å². The number of nitrogens with one attached hydrogen (secondary N) is 2. The quantitative estimate of drug-likeness (QED) is 0.582. The molecule has 2 aliphatic rings. The summed E-state index contributed by atoms with van der Waals surface area (Å²) in [6, 6.07) is 10.6. The molecule has 0 spiro atoms. The first kappa shape index (κ1) is 20.7. The average molecular weight is 446 g/mol. The number of carbonyl (C=O) groups excluding carboxylic acids is 2. The zero-order valence-corrected chi connectivity index (χ0v) is 18.0. The second-order valence-corrected chi connectivity index (χ2v) is 7.79. The summed E-state index contributed by atoms with van der Waals surface area (Å²) in [5.74, 6) is 1.63. The normalized spacial score (nSPS) is 15.2. The molecule has 1 aliphatic carbocycles. The minimum absolute atomic E-state index is 0.203. The fraction of sp³-hybridized carbons (Fsp3) is 0.250. The van der Waals surface area contributed by atoms with Crippen molar-refractivity contribution in [1.29, 1.82) is 0 Å². The molecule has 1 aromatic carbocycles. The summed E-state index contributed by atoms with van der Waals surface area (Å²) < 4.78 is 16.6. The molecule has 0 saturated carbocycles. The van der Waals surface area contributed by atoms with Crippen LogP contribution in [0.1, 0.15) is 56.3 Å². The maximum absolute atomic E-state index is 12.9. The molecule has 5 rings (SSSR count). The smallest absolute Gasteiger partial charge is 0.289 e. The number of ether oxygens (including phenoxy) is 2. The second-order valence-electron chi connectivity index (χ2n) is 7.79. The van der Waals surface area contributed by atoms with Crippen LogP contribution in [0.4, 0.5) is 0 Å². The first-order chi connectivity index (χ1) is 16.1. The van der Waals surface area contributed by atoms with Crippen molar-refractivity contribution in [3.63, 3.8) is 0 Å². The van der Waals surface area contributed by atoms with Gasteiger partial charge in [0, 0.05) is 30.3 Å². The lowest BCUT2D eigenvalue weighted by Crippen LogP contribution is -2.24. The molecule has 168 valence electrons. The van der Waals surface area contributed by atoms with Crippen LogP contribution in [0.2, 0.25) is 0 Å². The largest absolute Gasteiger partial charge is 0.455 e. The number of hydrazone groups is 1. The van der Waals surface area contributed by atoms with Gasteiger partial charge in [-0.05, 0) is 49.6 Å². The van der Waals surface area contributed by atoms with Gasteiger partial charge in [-0.25, -0.2) is 5.43 Å². The molecule has 2 N–H and O–H groups in total. The van der Waals surface area contributed by atoms with E-state index in [-0.39, 0.29) is 24.2 Å². The van der Waals surface area contributed by atoms with Gasteiger partial charge in [0.15, 0.2) is 17.3 Å². The van der Waals surface area contributed by atoms with E-state index in [1.807, 2.05) is 25.1 Å². The summed E-state index contributed by atoms with van der Waals surface area (Å²) in [5.41, 5.74) is 5.92. The third kappa shape index (κ3) is 4.17. The van der Waals surface area contributed by atoms with Crippen molar-refractivity contribution in [3.05, 3.63) is 76.5 Å². The lowest BCUT2D eigenvalue weighted by atomic mass is 9.93. The van der Waals surface area contributed by atoms with Crippen LogP contribution < -0.4 is 20.2 Å². The Labute approximate surface area is 189 Å². The second kappa shape index (κ2) is 8.78. The molecule has 0 atom stereocenters. The van der Waals surface area contributed by atoms with Crippen LogP contribution in [0.5, 0.6) is 11.5 Å². The van der Waals surface area contributed by atoms with Crippen LogP contribution in [-0.2, 0) is 13.0 Å². The summed E-state index contributed by atoms with van der Waals surface area (Å²) in [5, 5.41) is 7.22. The van der Waals surface area contributed by atoms with Crippen molar-refractivity contribution < 1.29 is 23.5 Å². The Balaban J connectivity index is 1.31. The fourth-order valence-electron chi connectivity index (χ4n) is 3.98. The van der Waals surface area contributed by atoms with Gasteiger partial charge in [-0.15, -0.1) is 0 Å². The molecular weight excluding hydrogens is 424 g/mol. The van der Waals surface area contributed by atoms with Crippen LogP contribution in [0.25, 0.3) is 0 Å². The SMILES string of the molecule is Cc1c(C(=O)NCc2ccc3c(c2)OCO3)oc2c1/C(=N/NC(=O)c1ccccn1)CCC2. The molecule has 0 radical (unpaired) electrons. The number of rotatable bonds is 5. The molecule has 2 aromatic heterocycles. The van der Waals surface area contributed by atoms with E-state index in [4.69, 9.17) is 13.9 Å². The van der Waals surface area contributed by atoms with Crippen molar-refractivity contribution in [1.82, 2.24) is 15.7 Å². The Morgan fingerprint density at radius 2 is 1.97 bits per heavy atom. The predicted molar refractivity (Wildman–Crippen MR) is 118 cm³/mol. The van der Waals surface area contributed by atoms with Crippen LogP contribution in [0.15, 0.2) is 52.1 Å². The van der Waals surface area contributed by atoms with Gasteiger partial charge >= 0.3 is 0 Å². The Kier molecular flexibility index (Phi) is 5.52. The van der Waals surface area contributed by atoms with E-state index in [0.717, 1.165) is 17.5 Å². The number of fused-ring (bicyclic) bond motifs is 2. The highest BCUT2D eigenvalue weighted by Gasteiger charge is 2.28. The maximum atomic E-state index is 12.9. The number of pyridine rings is 1. The Hall–Kier alpha value is -4.14. The van der Waals surface area contributed by atoms with Crippen LogP contribution in [0, 0.1) is 6.92 Å². The van der Waals surface area contributed by atoms with Crippen LogP contribution in [0.3, 0.4) is 0 Å². The number of furan rings is 1. The topological polar surface area (TPSA) is 115 Å². The zero-order valence-electron chi connectivity index (χ0n) is 18.0. The molecule has 0 saturated heterocycles. The number of amides is 2. The van der Waals surface area contributed by atoms with Crippen molar-refractivity contribution >= 4 is 17.5 Å². The highest BCUT2D eigenvalue weighted by molar-refractivity contribution is 6.07. The lowest BCUT2D eigenvalue weighted by molar-refractivity contribution is 0.0918. The van der Waals surface area contributed by atoms with Gasteiger partial charge < -0.3 is 19.2 Å². The van der Waals surface area contributed by atoms with Gasteiger partial charge in [-0.2, -0.15) is 5.10 Å². The van der Waals surface area contributed by atoms with Crippen LogP contribution >= 0.6 is 0 Å². The zero-order chi connectivity index (χ0) is 22.8. The molecule has 3 aromatic rings. The molecule has 9 heteroatoms. The van der Waals surface area contributed by atoms with Crippen molar-refractivity contribution in [2.45, 2.75) is 32.7 Å². The van der Waals surface area contributed by atoms with E-state index >= 15 is 0 Å². The highest BCUT2D eigenvalue weighted by atomic mass is 16.7. The summed E-state index contributed by atoms with van der Waals surface area (Å²) in [6.45, 7) is 2.36. The summed E-state index contributed by atoms with van der Waals surface area (Å²) in [4.78, 5) is 29.2. The van der Waals surface area contributed by atoms with Crippen LogP contribution in [-0.4, -0.2) is 29.3 Å². The number of aryl methyl sites for hydroxylation is 1. The lowest BCUT2D eigenvalue weighted by Gasteiger charge is -2.13. The highest BCUT2D eigenvalue weighted by Crippen LogP contribution is 2.33. The molecule has 9 nitrogen and oxygen atoms in total. The third-order valence-electron chi connectivity index (χ3n) is 5.61. The molecule has 3 heterocycles. The van der Waals surface area contributed by atoms with Gasteiger partial charge in [-0.3, -0.25) is 14.6 Å².